The number of unbranched alkanes of at least 4 members (excludes halogenated alkanes) is 51. The summed E-state index contributed by atoms with van der Waals surface area (Å²) in [6, 6.07) is 0. The van der Waals surface area contributed by atoms with Crippen LogP contribution in [-0.2, 0) is 28.6 Å². The summed E-state index contributed by atoms with van der Waals surface area (Å²) in [5.41, 5.74) is 0. The highest BCUT2D eigenvalue weighted by atomic mass is 16.6. The van der Waals surface area contributed by atoms with Crippen molar-refractivity contribution in [1.29, 1.82) is 0 Å². The van der Waals surface area contributed by atoms with Crippen LogP contribution in [0.4, 0.5) is 0 Å². The highest BCUT2D eigenvalue weighted by Gasteiger charge is 2.19. The smallest absolute Gasteiger partial charge is 0.306 e. The molecule has 0 N–H and O–H groups in total. The number of allylic oxidation sites excluding steroid dienone is 2. The first-order chi connectivity index (χ1) is 37.0. The lowest BCUT2D eigenvalue weighted by Gasteiger charge is -2.18. The molecule has 0 radical (unpaired) electrons. The molecule has 0 spiro atoms. The van der Waals surface area contributed by atoms with Gasteiger partial charge in [0.15, 0.2) is 6.10 Å². The Bertz CT molecular complexity index is 1170. The van der Waals surface area contributed by atoms with Gasteiger partial charge in [-0.2, -0.15) is 0 Å². The maximum absolute atomic E-state index is 12.9. The fourth-order valence-corrected chi connectivity index (χ4v) is 10.6. The van der Waals surface area contributed by atoms with Crippen LogP contribution < -0.4 is 0 Å². The minimum absolute atomic E-state index is 0.0643. The van der Waals surface area contributed by atoms with Gasteiger partial charge >= 0.3 is 17.9 Å². The van der Waals surface area contributed by atoms with Crippen molar-refractivity contribution in [3.8, 4) is 0 Å². The standard InChI is InChI=1S/C69H132O6/c1-4-7-10-13-16-19-22-24-26-28-30-32-33-34-35-36-38-39-41-43-45-47-50-53-56-59-62-68(71)74-65-66(64-73-67(70)61-58-55-52-49-21-18-15-12-9-6-3)75-69(72)63-60-57-54-51-48-46-44-42-40-37-31-29-27-25-23-20-17-14-11-8-5-2/h29,31,66H,4-28,30,32-65H2,1-3H3/b31-29-. The zero-order chi connectivity index (χ0) is 54.3. The summed E-state index contributed by atoms with van der Waals surface area (Å²) in [5, 5.41) is 0. The zero-order valence-corrected chi connectivity index (χ0v) is 51.1. The van der Waals surface area contributed by atoms with E-state index in [1.54, 1.807) is 0 Å². The van der Waals surface area contributed by atoms with Gasteiger partial charge in [-0.05, 0) is 44.9 Å². The average Bonchev–Trinajstić information content (AvgIpc) is 3.41. The van der Waals surface area contributed by atoms with E-state index < -0.39 is 6.10 Å². The molecule has 0 fully saturated rings. The SMILES string of the molecule is CCCCCCCCCC/C=C\CCCCCCCCCCCC(=O)OC(COC(=O)CCCCCCCCCCCC)COC(=O)CCCCCCCCCCCCCCCCCCCCCCCCCCCC. The molecule has 1 atom stereocenters. The van der Waals surface area contributed by atoms with E-state index in [-0.39, 0.29) is 31.1 Å². The van der Waals surface area contributed by atoms with Crippen LogP contribution in [0.25, 0.3) is 0 Å². The van der Waals surface area contributed by atoms with Crippen molar-refractivity contribution in [2.75, 3.05) is 13.2 Å². The predicted octanol–water partition coefficient (Wildman–Crippen LogP) is 23.2. The molecule has 75 heavy (non-hydrogen) atoms. The van der Waals surface area contributed by atoms with E-state index >= 15 is 0 Å². The minimum atomic E-state index is -0.766. The maximum atomic E-state index is 12.9. The summed E-state index contributed by atoms with van der Waals surface area (Å²) in [6.45, 7) is 6.71. The second-order valence-electron chi connectivity index (χ2n) is 23.5. The van der Waals surface area contributed by atoms with E-state index in [2.05, 4.69) is 32.9 Å². The van der Waals surface area contributed by atoms with E-state index in [1.807, 2.05) is 0 Å². The lowest BCUT2D eigenvalue weighted by Crippen LogP contribution is -2.30. The molecule has 1 unspecified atom stereocenters. The maximum Gasteiger partial charge on any atom is 0.306 e. The van der Waals surface area contributed by atoms with Crippen molar-refractivity contribution in [2.24, 2.45) is 0 Å². The highest BCUT2D eigenvalue weighted by Crippen LogP contribution is 2.19. The monoisotopic (exact) mass is 1060 g/mol. The van der Waals surface area contributed by atoms with Gasteiger partial charge in [-0.1, -0.05) is 341 Å². The predicted molar refractivity (Wildman–Crippen MR) is 326 cm³/mol. The Morgan fingerprint density at radius 2 is 0.440 bits per heavy atom. The van der Waals surface area contributed by atoms with E-state index in [0.717, 1.165) is 57.8 Å². The number of hydrogen-bond donors (Lipinski definition) is 0. The lowest BCUT2D eigenvalue weighted by molar-refractivity contribution is -0.167. The number of rotatable bonds is 64. The van der Waals surface area contributed by atoms with Gasteiger partial charge in [0.25, 0.3) is 0 Å². The third-order valence-corrected chi connectivity index (χ3v) is 15.8. The van der Waals surface area contributed by atoms with Gasteiger partial charge in [0, 0.05) is 19.3 Å². The van der Waals surface area contributed by atoms with Crippen molar-refractivity contribution in [2.45, 2.75) is 399 Å². The van der Waals surface area contributed by atoms with E-state index in [0.29, 0.717) is 19.3 Å². The van der Waals surface area contributed by atoms with Crippen LogP contribution in [0.15, 0.2) is 12.2 Å². The lowest BCUT2D eigenvalue weighted by atomic mass is 10.0. The van der Waals surface area contributed by atoms with Gasteiger partial charge < -0.3 is 14.2 Å². The van der Waals surface area contributed by atoms with E-state index in [9.17, 15) is 14.4 Å². The van der Waals surface area contributed by atoms with Crippen LogP contribution in [0.2, 0.25) is 0 Å². The Balaban J connectivity index is 4.13. The van der Waals surface area contributed by atoms with Crippen LogP contribution in [0, 0.1) is 0 Å². The van der Waals surface area contributed by atoms with Crippen LogP contribution in [-0.4, -0.2) is 37.2 Å². The minimum Gasteiger partial charge on any atom is -0.462 e. The summed E-state index contributed by atoms with van der Waals surface area (Å²) in [5.74, 6) is -0.837. The van der Waals surface area contributed by atoms with Gasteiger partial charge in [0.1, 0.15) is 13.2 Å². The molecule has 0 aliphatic rings. The average molecular weight is 1060 g/mol. The summed E-state index contributed by atoms with van der Waals surface area (Å²) in [7, 11) is 0. The van der Waals surface area contributed by atoms with Crippen LogP contribution in [0.5, 0.6) is 0 Å². The summed E-state index contributed by atoms with van der Waals surface area (Å²) < 4.78 is 16.9. The Labute approximate surface area is 469 Å². The molecule has 6 heteroatoms. The molecule has 0 aromatic heterocycles. The molecule has 0 amide bonds. The molecule has 6 nitrogen and oxygen atoms in total. The van der Waals surface area contributed by atoms with Crippen molar-refractivity contribution >= 4 is 17.9 Å². The fraction of sp³-hybridized carbons (Fsp3) is 0.928. The number of ether oxygens (including phenoxy) is 3. The summed E-state index contributed by atoms with van der Waals surface area (Å²) in [6.07, 6.45) is 76.8. The Hall–Kier alpha value is -1.85. The molecule has 0 aromatic carbocycles. The molecule has 0 heterocycles. The number of hydrogen-bond acceptors (Lipinski definition) is 6. The Kier molecular flexibility index (Phi) is 63.1. The van der Waals surface area contributed by atoms with E-state index in [1.165, 1.54) is 295 Å². The van der Waals surface area contributed by atoms with Crippen LogP contribution in [0.1, 0.15) is 393 Å². The van der Waals surface area contributed by atoms with Crippen LogP contribution >= 0.6 is 0 Å². The quantitative estimate of drug-likeness (QED) is 0.0261. The highest BCUT2D eigenvalue weighted by molar-refractivity contribution is 5.71. The second-order valence-corrected chi connectivity index (χ2v) is 23.5. The number of esters is 3. The largest absolute Gasteiger partial charge is 0.462 e. The normalized spacial score (nSPS) is 12.0. The van der Waals surface area contributed by atoms with Gasteiger partial charge in [-0.15, -0.1) is 0 Å². The number of carbonyl (C=O) groups excluding carboxylic acids is 3. The van der Waals surface area contributed by atoms with Crippen molar-refractivity contribution in [3.05, 3.63) is 12.2 Å². The van der Waals surface area contributed by atoms with Crippen LogP contribution in [0.3, 0.4) is 0 Å². The van der Waals surface area contributed by atoms with Gasteiger partial charge in [-0.25, -0.2) is 0 Å². The Morgan fingerprint density at radius 3 is 0.667 bits per heavy atom. The summed E-state index contributed by atoms with van der Waals surface area (Å²) >= 11 is 0. The van der Waals surface area contributed by atoms with Crippen molar-refractivity contribution < 1.29 is 28.6 Å². The molecular weight excluding hydrogens is 925 g/mol. The van der Waals surface area contributed by atoms with E-state index in [4.69, 9.17) is 14.2 Å². The molecule has 0 aromatic rings. The topological polar surface area (TPSA) is 78.9 Å². The third kappa shape index (κ3) is 62.9. The zero-order valence-electron chi connectivity index (χ0n) is 51.1. The van der Waals surface area contributed by atoms with Gasteiger partial charge in [0.05, 0.1) is 0 Å². The molecule has 0 saturated heterocycles. The first-order valence-corrected chi connectivity index (χ1v) is 34.2. The number of carbonyl (C=O) groups is 3. The first kappa shape index (κ1) is 73.2. The molecule has 0 aliphatic carbocycles. The molecular formula is C69H132O6. The second kappa shape index (κ2) is 64.7. The van der Waals surface area contributed by atoms with Crippen molar-refractivity contribution in [3.63, 3.8) is 0 Å². The third-order valence-electron chi connectivity index (χ3n) is 15.8. The molecule has 444 valence electrons. The van der Waals surface area contributed by atoms with Gasteiger partial charge in [-0.3, -0.25) is 14.4 Å². The summed E-state index contributed by atoms with van der Waals surface area (Å²) in [4.78, 5) is 38.3. The molecule has 0 saturated carbocycles. The molecule has 0 aliphatic heterocycles. The van der Waals surface area contributed by atoms with Gasteiger partial charge in [0.2, 0.25) is 0 Å². The fourth-order valence-electron chi connectivity index (χ4n) is 10.6. The van der Waals surface area contributed by atoms with Crippen molar-refractivity contribution in [1.82, 2.24) is 0 Å². The first-order valence-electron chi connectivity index (χ1n) is 34.2. The molecule has 0 rings (SSSR count). The Morgan fingerprint density at radius 1 is 0.253 bits per heavy atom. The molecule has 0 bridgehead atoms.